The van der Waals surface area contributed by atoms with Crippen molar-refractivity contribution in [1.29, 1.82) is 0 Å². The van der Waals surface area contributed by atoms with Crippen molar-refractivity contribution < 1.29 is 0 Å². The van der Waals surface area contributed by atoms with Crippen LogP contribution in [0.3, 0.4) is 0 Å². The highest BCUT2D eigenvalue weighted by Crippen LogP contribution is 2.36. The van der Waals surface area contributed by atoms with Gasteiger partial charge < -0.3 is 10.6 Å². The van der Waals surface area contributed by atoms with Crippen LogP contribution in [0.1, 0.15) is 23.5 Å². The van der Waals surface area contributed by atoms with Gasteiger partial charge >= 0.3 is 0 Å². The Morgan fingerprint density at radius 1 is 0.974 bits per heavy atom. The van der Waals surface area contributed by atoms with E-state index in [2.05, 4.69) is 41.0 Å². The van der Waals surface area contributed by atoms with E-state index >= 15 is 0 Å². The van der Waals surface area contributed by atoms with Crippen molar-refractivity contribution in [3.63, 3.8) is 0 Å². The molecule has 10 heteroatoms. The number of benzene rings is 1. The van der Waals surface area contributed by atoms with Crippen LogP contribution in [0.25, 0.3) is 33.5 Å². The average Bonchev–Trinajstić information content (AvgIpc) is 3.38. The number of piperidine rings is 1. The number of nitrogens with two attached hydrogens (primary N) is 1. The van der Waals surface area contributed by atoms with Gasteiger partial charge in [0.2, 0.25) is 0 Å². The number of hydrogen-bond donors (Lipinski definition) is 2. The number of nitrogen functional groups attached to an aromatic ring is 1. The summed E-state index contributed by atoms with van der Waals surface area (Å²) in [5, 5.41) is 8.19. The molecule has 0 spiro atoms. The zero-order chi connectivity index (χ0) is 25.8. The van der Waals surface area contributed by atoms with Gasteiger partial charge in [-0.15, -0.1) is 0 Å². The number of anilines is 2. The van der Waals surface area contributed by atoms with Gasteiger partial charge in [-0.1, -0.05) is 12.1 Å². The molecule has 4 aromatic heterocycles. The van der Waals surface area contributed by atoms with Gasteiger partial charge in [-0.25, -0.2) is 24.9 Å². The van der Waals surface area contributed by atoms with E-state index < -0.39 is 0 Å². The van der Waals surface area contributed by atoms with Crippen LogP contribution in [0.5, 0.6) is 0 Å². The normalized spacial score (nSPS) is 19.1. The Kier molecular flexibility index (Phi) is 5.29. The third kappa shape index (κ3) is 3.93. The van der Waals surface area contributed by atoms with E-state index in [1.165, 1.54) is 12.0 Å². The molecule has 3 saturated heterocycles. The predicted octanol–water partition coefficient (Wildman–Crippen LogP) is 3.53. The first-order valence-electron chi connectivity index (χ1n) is 12.8. The molecule has 2 atom stereocenters. The quantitative estimate of drug-likeness (QED) is 0.370. The van der Waals surface area contributed by atoms with E-state index in [1.807, 2.05) is 62.8 Å². The molecule has 3 fully saturated rings. The lowest BCUT2D eigenvalue weighted by Crippen LogP contribution is -2.68. The fraction of sp³-hybridized carbons (Fsp3) is 0.286. The van der Waals surface area contributed by atoms with E-state index in [1.54, 1.807) is 0 Å². The third-order valence-electron chi connectivity index (χ3n) is 7.61. The van der Waals surface area contributed by atoms with E-state index in [4.69, 9.17) is 15.7 Å². The zero-order valence-corrected chi connectivity index (χ0v) is 21.3. The highest BCUT2D eigenvalue weighted by atomic mass is 15.4. The number of aryl methyl sites for hydroxylation is 2. The Bertz CT molecular complexity index is 1610. The molecule has 0 aliphatic carbocycles. The molecule has 3 N–H and O–H groups in total. The van der Waals surface area contributed by atoms with Crippen LogP contribution in [0.15, 0.2) is 55.0 Å². The smallest absolute Gasteiger partial charge is 0.163 e. The number of rotatable bonds is 5. The molecule has 3 aliphatic heterocycles. The minimum atomic E-state index is 0.431. The first-order chi connectivity index (χ1) is 18.5. The molecular formula is C28H28N10. The summed E-state index contributed by atoms with van der Waals surface area (Å²) in [5.74, 6) is 2.79. The maximum Gasteiger partial charge on any atom is 0.163 e. The maximum atomic E-state index is 6.45. The highest BCUT2D eigenvalue weighted by molar-refractivity contribution is 6.01. The van der Waals surface area contributed by atoms with Crippen molar-refractivity contribution in [2.75, 3.05) is 23.7 Å². The van der Waals surface area contributed by atoms with Crippen LogP contribution in [0.2, 0.25) is 0 Å². The summed E-state index contributed by atoms with van der Waals surface area (Å²) in [6.07, 6.45) is 6.95. The summed E-state index contributed by atoms with van der Waals surface area (Å²) < 4.78 is 0. The Morgan fingerprint density at radius 2 is 1.79 bits per heavy atom. The van der Waals surface area contributed by atoms with Gasteiger partial charge in [0.05, 0.1) is 16.6 Å². The SMILES string of the molecule is Cc1ncc(CN2C3CC2CN(c2ccc(-c4nc(N)c5c(-c6cc(C)[nH]n6)cccc5n4)cn2)C3)cn1. The minimum Gasteiger partial charge on any atom is -0.383 e. The molecule has 7 heterocycles. The molecule has 190 valence electrons. The summed E-state index contributed by atoms with van der Waals surface area (Å²) in [6, 6.07) is 13.0. The van der Waals surface area contributed by atoms with Gasteiger partial charge in [-0.05, 0) is 44.5 Å². The lowest BCUT2D eigenvalue weighted by atomic mass is 9.87. The molecule has 5 aromatic rings. The molecule has 8 rings (SSSR count). The molecule has 38 heavy (non-hydrogen) atoms. The summed E-state index contributed by atoms with van der Waals surface area (Å²) >= 11 is 0. The fourth-order valence-corrected chi connectivity index (χ4v) is 5.66. The second-order valence-electron chi connectivity index (χ2n) is 10.2. The average molecular weight is 505 g/mol. The van der Waals surface area contributed by atoms with Crippen LogP contribution < -0.4 is 10.6 Å². The molecule has 2 unspecified atom stereocenters. The molecule has 10 nitrogen and oxygen atoms in total. The standard InChI is InChI=1S/C28H28N10/c1-16-8-24(36-35-16)22-4-3-5-23-26(22)27(29)34-28(33-23)19-6-7-25(32-12-19)37-14-20-9-21(15-37)38(20)13-18-10-30-17(2)31-11-18/h3-8,10-12,20-21H,9,13-15H2,1-2H3,(H,35,36)(H2,29,33,34). The maximum absolute atomic E-state index is 6.45. The van der Waals surface area contributed by atoms with Crippen molar-refractivity contribution >= 4 is 22.5 Å². The number of piperazine rings is 1. The summed E-state index contributed by atoms with van der Waals surface area (Å²) in [7, 11) is 0. The van der Waals surface area contributed by atoms with Crippen molar-refractivity contribution in [2.45, 2.75) is 38.9 Å². The largest absolute Gasteiger partial charge is 0.383 e. The Hall–Kier alpha value is -4.44. The topological polar surface area (TPSA) is 126 Å². The van der Waals surface area contributed by atoms with Crippen LogP contribution in [-0.2, 0) is 6.54 Å². The first kappa shape index (κ1) is 22.7. The van der Waals surface area contributed by atoms with Gasteiger partial charge in [0.25, 0.3) is 0 Å². The Morgan fingerprint density at radius 3 is 2.50 bits per heavy atom. The number of aromatic nitrogens is 7. The number of nitrogens with one attached hydrogen (secondary N) is 1. The summed E-state index contributed by atoms with van der Waals surface area (Å²) in [4.78, 5) is 27.9. The van der Waals surface area contributed by atoms with Gasteiger partial charge in [-0.3, -0.25) is 10.00 Å². The Balaban J connectivity index is 1.09. The summed E-state index contributed by atoms with van der Waals surface area (Å²) in [6.45, 7) is 6.71. The van der Waals surface area contributed by atoms with Gasteiger partial charge in [-0.2, -0.15) is 5.10 Å². The summed E-state index contributed by atoms with van der Waals surface area (Å²) in [5.41, 5.74) is 12.0. The van der Waals surface area contributed by atoms with Crippen molar-refractivity contribution in [3.8, 4) is 22.6 Å². The minimum absolute atomic E-state index is 0.431. The number of H-pyrrole nitrogens is 1. The van der Waals surface area contributed by atoms with E-state index in [-0.39, 0.29) is 0 Å². The first-order valence-corrected chi connectivity index (χ1v) is 12.8. The number of pyridine rings is 1. The highest BCUT2D eigenvalue weighted by Gasteiger charge is 2.44. The number of aromatic amines is 1. The van der Waals surface area contributed by atoms with E-state index in [0.717, 1.165) is 64.7 Å². The second-order valence-corrected chi connectivity index (χ2v) is 10.2. The molecule has 0 radical (unpaired) electrons. The fourth-order valence-electron chi connectivity index (χ4n) is 5.66. The van der Waals surface area contributed by atoms with Crippen LogP contribution >= 0.6 is 0 Å². The molecule has 2 bridgehead atoms. The van der Waals surface area contributed by atoms with Crippen LogP contribution in [-0.4, -0.2) is 65.2 Å². The lowest BCUT2D eigenvalue weighted by Gasteiger charge is -2.56. The Labute approximate surface area is 220 Å². The van der Waals surface area contributed by atoms with Crippen molar-refractivity contribution in [2.24, 2.45) is 0 Å². The van der Waals surface area contributed by atoms with Gasteiger partial charge in [0.1, 0.15) is 17.5 Å². The van der Waals surface area contributed by atoms with Crippen LogP contribution in [0.4, 0.5) is 11.6 Å². The van der Waals surface area contributed by atoms with Crippen LogP contribution in [0, 0.1) is 13.8 Å². The van der Waals surface area contributed by atoms with Crippen molar-refractivity contribution in [1.82, 2.24) is 40.0 Å². The monoisotopic (exact) mass is 504 g/mol. The second kappa shape index (κ2) is 8.84. The molecule has 1 aromatic carbocycles. The molecular weight excluding hydrogens is 476 g/mol. The molecule has 0 amide bonds. The predicted molar refractivity (Wildman–Crippen MR) is 146 cm³/mol. The lowest BCUT2D eigenvalue weighted by molar-refractivity contribution is -0.00884. The third-order valence-corrected chi connectivity index (χ3v) is 7.61. The van der Waals surface area contributed by atoms with Gasteiger partial charge in [0, 0.05) is 72.7 Å². The number of nitrogens with zero attached hydrogens (tertiary/aromatic N) is 8. The van der Waals surface area contributed by atoms with Gasteiger partial charge in [0.15, 0.2) is 5.82 Å². The molecule has 0 saturated carbocycles. The molecule has 3 aliphatic rings. The van der Waals surface area contributed by atoms with E-state index in [0.29, 0.717) is 23.7 Å². The number of hydrogen-bond acceptors (Lipinski definition) is 9. The zero-order valence-electron chi connectivity index (χ0n) is 21.3. The van der Waals surface area contributed by atoms with Crippen molar-refractivity contribution in [3.05, 3.63) is 72.1 Å². The van der Waals surface area contributed by atoms with E-state index in [9.17, 15) is 0 Å². The number of fused-ring (bicyclic) bond motifs is 3.